The molecule has 6 heteroatoms. The SMILES string of the molecule is CCOCCS(=O)(=O)Nc1ccccc1O. The van der Waals surface area contributed by atoms with Gasteiger partial charge in [-0.3, -0.25) is 4.72 Å². The van der Waals surface area contributed by atoms with Gasteiger partial charge < -0.3 is 9.84 Å². The predicted molar refractivity (Wildman–Crippen MR) is 62.0 cm³/mol. The second kappa shape index (κ2) is 5.72. The Balaban J connectivity index is 2.63. The maximum atomic E-state index is 11.5. The highest BCUT2D eigenvalue weighted by atomic mass is 32.2. The lowest BCUT2D eigenvalue weighted by atomic mass is 10.3. The van der Waals surface area contributed by atoms with E-state index in [4.69, 9.17) is 4.74 Å². The van der Waals surface area contributed by atoms with Crippen molar-refractivity contribution < 1.29 is 18.3 Å². The van der Waals surface area contributed by atoms with Crippen LogP contribution in [0.4, 0.5) is 5.69 Å². The Morgan fingerprint density at radius 2 is 2.06 bits per heavy atom. The van der Waals surface area contributed by atoms with Gasteiger partial charge in [0.25, 0.3) is 0 Å². The molecule has 0 saturated carbocycles. The third-order valence-electron chi connectivity index (χ3n) is 1.87. The molecule has 1 aromatic rings. The fraction of sp³-hybridized carbons (Fsp3) is 0.400. The number of rotatable bonds is 6. The summed E-state index contributed by atoms with van der Waals surface area (Å²) in [6.45, 7) is 2.41. The maximum absolute atomic E-state index is 11.5. The van der Waals surface area contributed by atoms with E-state index in [1.54, 1.807) is 19.1 Å². The summed E-state index contributed by atoms with van der Waals surface area (Å²) in [6.07, 6.45) is 0. The van der Waals surface area contributed by atoms with E-state index in [0.29, 0.717) is 6.61 Å². The zero-order valence-corrected chi connectivity index (χ0v) is 9.83. The van der Waals surface area contributed by atoms with E-state index in [0.717, 1.165) is 0 Å². The second-order valence-corrected chi connectivity index (χ2v) is 4.98. The van der Waals surface area contributed by atoms with Gasteiger partial charge in [-0.05, 0) is 19.1 Å². The van der Waals surface area contributed by atoms with Crippen LogP contribution in [-0.2, 0) is 14.8 Å². The molecule has 0 atom stereocenters. The molecule has 5 nitrogen and oxygen atoms in total. The number of hydrogen-bond acceptors (Lipinski definition) is 4. The fourth-order valence-corrected chi connectivity index (χ4v) is 2.04. The van der Waals surface area contributed by atoms with Gasteiger partial charge in [-0.2, -0.15) is 0 Å². The first-order chi connectivity index (χ1) is 7.55. The zero-order chi connectivity index (χ0) is 12.0. The van der Waals surface area contributed by atoms with Gasteiger partial charge in [0.2, 0.25) is 10.0 Å². The zero-order valence-electron chi connectivity index (χ0n) is 9.01. The van der Waals surface area contributed by atoms with Gasteiger partial charge in [0, 0.05) is 6.61 Å². The van der Waals surface area contributed by atoms with Gasteiger partial charge >= 0.3 is 0 Å². The van der Waals surface area contributed by atoms with Gasteiger partial charge in [-0.1, -0.05) is 12.1 Å². The summed E-state index contributed by atoms with van der Waals surface area (Å²) in [7, 11) is -3.46. The number of phenols is 1. The first-order valence-electron chi connectivity index (χ1n) is 4.91. The Morgan fingerprint density at radius 3 is 2.69 bits per heavy atom. The number of ether oxygens (including phenoxy) is 1. The van der Waals surface area contributed by atoms with E-state index in [9.17, 15) is 13.5 Å². The number of aromatic hydroxyl groups is 1. The van der Waals surface area contributed by atoms with Crippen LogP contribution in [0.15, 0.2) is 24.3 Å². The Morgan fingerprint density at radius 1 is 1.38 bits per heavy atom. The van der Waals surface area contributed by atoms with Crippen LogP contribution in [0.3, 0.4) is 0 Å². The van der Waals surface area contributed by atoms with Crippen LogP contribution < -0.4 is 4.72 Å². The Bertz CT molecular complexity index is 430. The van der Waals surface area contributed by atoms with E-state index in [1.165, 1.54) is 12.1 Å². The lowest BCUT2D eigenvalue weighted by Crippen LogP contribution is -2.20. The molecule has 0 radical (unpaired) electrons. The van der Waals surface area contributed by atoms with E-state index in [1.807, 2.05) is 0 Å². The van der Waals surface area contributed by atoms with Crippen LogP contribution in [0.5, 0.6) is 5.75 Å². The van der Waals surface area contributed by atoms with Gasteiger partial charge in [-0.25, -0.2) is 8.42 Å². The molecule has 0 amide bonds. The highest BCUT2D eigenvalue weighted by molar-refractivity contribution is 7.92. The summed E-state index contributed by atoms with van der Waals surface area (Å²) in [5.74, 6) is -0.225. The number of anilines is 1. The van der Waals surface area contributed by atoms with Crippen molar-refractivity contribution in [2.75, 3.05) is 23.7 Å². The highest BCUT2D eigenvalue weighted by Gasteiger charge is 2.11. The molecule has 2 N–H and O–H groups in total. The van der Waals surface area contributed by atoms with Gasteiger partial charge in [0.1, 0.15) is 5.75 Å². The summed E-state index contributed by atoms with van der Waals surface area (Å²) >= 11 is 0. The lowest BCUT2D eigenvalue weighted by Gasteiger charge is -2.09. The molecule has 0 aliphatic carbocycles. The molecule has 0 aromatic heterocycles. The molecule has 0 bridgehead atoms. The van der Waals surface area contributed by atoms with Crippen molar-refractivity contribution in [3.05, 3.63) is 24.3 Å². The average Bonchev–Trinajstić information content (AvgIpc) is 2.21. The molecule has 0 unspecified atom stereocenters. The third-order valence-corrected chi connectivity index (χ3v) is 3.11. The molecule has 0 spiro atoms. The molecule has 0 aliphatic heterocycles. The topological polar surface area (TPSA) is 75.6 Å². The van der Waals surface area contributed by atoms with Gasteiger partial charge in [0.05, 0.1) is 18.0 Å². The summed E-state index contributed by atoms with van der Waals surface area (Å²) in [5.41, 5.74) is 0.180. The Hall–Kier alpha value is -1.27. The van der Waals surface area contributed by atoms with Crippen molar-refractivity contribution in [1.29, 1.82) is 0 Å². The standard InChI is InChI=1S/C10H15NO4S/c1-2-15-7-8-16(13,14)11-9-5-3-4-6-10(9)12/h3-6,11-12H,2,7-8H2,1H3. The fourth-order valence-electron chi connectivity index (χ4n) is 1.09. The van der Waals surface area contributed by atoms with Crippen LogP contribution in [0.25, 0.3) is 0 Å². The summed E-state index contributed by atoms with van der Waals surface area (Å²) < 4.78 is 30.3. The highest BCUT2D eigenvalue weighted by Crippen LogP contribution is 2.22. The van der Waals surface area contributed by atoms with Gasteiger partial charge in [0.15, 0.2) is 0 Å². The van der Waals surface area contributed by atoms with Crippen LogP contribution >= 0.6 is 0 Å². The maximum Gasteiger partial charge on any atom is 0.235 e. The molecule has 16 heavy (non-hydrogen) atoms. The van der Waals surface area contributed by atoms with E-state index in [2.05, 4.69) is 4.72 Å². The smallest absolute Gasteiger partial charge is 0.235 e. The number of benzene rings is 1. The first-order valence-corrected chi connectivity index (χ1v) is 6.56. The van der Waals surface area contributed by atoms with Crippen molar-refractivity contribution in [3.8, 4) is 5.75 Å². The molecule has 0 saturated heterocycles. The monoisotopic (exact) mass is 245 g/mol. The minimum atomic E-state index is -3.46. The van der Waals surface area contributed by atoms with Crippen molar-refractivity contribution in [3.63, 3.8) is 0 Å². The molecule has 0 fully saturated rings. The first kappa shape index (κ1) is 12.8. The predicted octanol–water partition coefficient (Wildman–Crippen LogP) is 1.17. The largest absolute Gasteiger partial charge is 0.506 e. The van der Waals surface area contributed by atoms with Gasteiger partial charge in [-0.15, -0.1) is 0 Å². The Labute approximate surface area is 95.1 Å². The minimum absolute atomic E-state index is 0.0949. The lowest BCUT2D eigenvalue weighted by molar-refractivity contribution is 0.163. The third kappa shape index (κ3) is 4.08. The normalized spacial score (nSPS) is 11.3. The van der Waals surface area contributed by atoms with Crippen LogP contribution in [0, 0.1) is 0 Å². The van der Waals surface area contributed by atoms with Crippen molar-refractivity contribution in [2.45, 2.75) is 6.92 Å². The van der Waals surface area contributed by atoms with E-state index in [-0.39, 0.29) is 23.8 Å². The summed E-state index contributed by atoms with van der Waals surface area (Å²) in [5, 5.41) is 9.39. The molecular weight excluding hydrogens is 230 g/mol. The summed E-state index contributed by atoms with van der Waals surface area (Å²) in [6, 6.07) is 6.17. The number of sulfonamides is 1. The van der Waals surface area contributed by atoms with Crippen molar-refractivity contribution in [1.82, 2.24) is 0 Å². The van der Waals surface area contributed by atoms with Crippen LogP contribution in [0.1, 0.15) is 6.92 Å². The second-order valence-electron chi connectivity index (χ2n) is 3.14. The van der Waals surface area contributed by atoms with Crippen LogP contribution in [-0.4, -0.2) is 32.5 Å². The number of para-hydroxylation sites is 2. The summed E-state index contributed by atoms with van der Waals surface area (Å²) in [4.78, 5) is 0. The number of phenolic OH excluding ortho intramolecular Hbond substituents is 1. The molecule has 90 valence electrons. The molecule has 1 aromatic carbocycles. The average molecular weight is 245 g/mol. The minimum Gasteiger partial charge on any atom is -0.506 e. The quantitative estimate of drug-likeness (QED) is 0.582. The molecule has 1 rings (SSSR count). The number of nitrogens with one attached hydrogen (secondary N) is 1. The Kier molecular flexibility index (Phi) is 4.57. The number of hydrogen-bond donors (Lipinski definition) is 2. The van der Waals surface area contributed by atoms with Crippen molar-refractivity contribution in [2.24, 2.45) is 0 Å². The van der Waals surface area contributed by atoms with E-state index < -0.39 is 10.0 Å². The molecule has 0 heterocycles. The molecule has 0 aliphatic rings. The van der Waals surface area contributed by atoms with Crippen molar-refractivity contribution >= 4 is 15.7 Å². The van der Waals surface area contributed by atoms with E-state index >= 15 is 0 Å². The molecular formula is C10H15NO4S. The van der Waals surface area contributed by atoms with Crippen LogP contribution in [0.2, 0.25) is 0 Å².